The van der Waals surface area contributed by atoms with Crippen LogP contribution in [-0.4, -0.2) is 32.6 Å². The number of aliphatic hydroxyl groups excluding tert-OH is 1. The number of imidazole rings is 1. The predicted octanol–water partition coefficient (Wildman–Crippen LogP) is 1.19. The summed E-state index contributed by atoms with van der Waals surface area (Å²) in [7, 11) is 1.33. The number of methoxy groups -OCH3 is 1. The van der Waals surface area contributed by atoms with Gasteiger partial charge in [-0.3, -0.25) is 0 Å². The van der Waals surface area contributed by atoms with Gasteiger partial charge >= 0.3 is 5.97 Å². The zero-order chi connectivity index (χ0) is 14.8. The fourth-order valence-electron chi connectivity index (χ4n) is 2.19. The van der Waals surface area contributed by atoms with E-state index in [-0.39, 0.29) is 6.61 Å². The molecule has 7 heteroatoms. The van der Waals surface area contributed by atoms with Gasteiger partial charge in [-0.15, -0.1) is 0 Å². The number of carbonyl (C=O) groups is 1. The van der Waals surface area contributed by atoms with Gasteiger partial charge in [0.1, 0.15) is 11.9 Å². The van der Waals surface area contributed by atoms with Gasteiger partial charge in [-0.05, 0) is 12.1 Å². The number of carbonyl (C=O) groups excluding carboxylic acids is 1. The Bertz CT molecular complexity index is 777. The number of pyridine rings is 1. The molecule has 3 rings (SSSR count). The third-order valence-electron chi connectivity index (χ3n) is 3.20. The number of nitrogens with zero attached hydrogens (tertiary/aromatic N) is 3. The number of oxazole rings is 1. The van der Waals surface area contributed by atoms with Crippen LogP contribution in [0.4, 0.5) is 0 Å². The maximum absolute atomic E-state index is 11.6. The molecule has 0 spiro atoms. The molecule has 0 aromatic carbocycles. The van der Waals surface area contributed by atoms with E-state index in [2.05, 4.69) is 9.97 Å². The van der Waals surface area contributed by atoms with Crippen LogP contribution in [0.1, 0.15) is 27.4 Å². The summed E-state index contributed by atoms with van der Waals surface area (Å²) < 4.78 is 11.4. The maximum Gasteiger partial charge on any atom is 0.339 e. The molecule has 108 valence electrons. The molecule has 0 atom stereocenters. The van der Waals surface area contributed by atoms with Crippen LogP contribution in [0.15, 0.2) is 35.4 Å². The van der Waals surface area contributed by atoms with E-state index in [1.807, 2.05) is 0 Å². The quantitative estimate of drug-likeness (QED) is 0.725. The number of ether oxygens (including phenoxy) is 1. The number of fused-ring (bicyclic) bond motifs is 1. The van der Waals surface area contributed by atoms with E-state index in [0.717, 1.165) is 11.4 Å². The van der Waals surface area contributed by atoms with Crippen molar-refractivity contribution in [1.29, 1.82) is 0 Å². The standard InChI is InChI=1S/C14H13N3O4/c1-20-14(19)9-2-3-13-16-11(6-18)12(17(13)5-9)4-10-7-21-8-15-10/h2-3,5,7-8,18H,4,6H2,1H3. The summed E-state index contributed by atoms with van der Waals surface area (Å²) in [5.41, 5.74) is 3.07. The van der Waals surface area contributed by atoms with E-state index in [1.54, 1.807) is 22.7 Å². The van der Waals surface area contributed by atoms with Crippen molar-refractivity contribution in [2.75, 3.05) is 7.11 Å². The van der Waals surface area contributed by atoms with Gasteiger partial charge in [0.15, 0.2) is 6.39 Å². The van der Waals surface area contributed by atoms with Crippen molar-refractivity contribution in [2.24, 2.45) is 0 Å². The summed E-state index contributed by atoms with van der Waals surface area (Å²) in [6.07, 6.45) is 4.96. The van der Waals surface area contributed by atoms with Crippen LogP contribution in [-0.2, 0) is 17.8 Å². The first kappa shape index (κ1) is 13.3. The number of aromatic nitrogens is 3. The molecule has 0 aliphatic carbocycles. The van der Waals surface area contributed by atoms with Gasteiger partial charge in [0.05, 0.1) is 36.4 Å². The van der Waals surface area contributed by atoms with Crippen molar-refractivity contribution >= 4 is 11.6 Å². The monoisotopic (exact) mass is 287 g/mol. The molecule has 3 aromatic rings. The van der Waals surface area contributed by atoms with Gasteiger partial charge in [-0.1, -0.05) is 0 Å². The molecule has 0 saturated carbocycles. The highest BCUT2D eigenvalue weighted by atomic mass is 16.5. The van der Waals surface area contributed by atoms with Gasteiger partial charge in [-0.2, -0.15) is 0 Å². The first-order valence-electron chi connectivity index (χ1n) is 6.29. The molecule has 21 heavy (non-hydrogen) atoms. The Morgan fingerprint density at radius 2 is 2.33 bits per heavy atom. The second-order valence-electron chi connectivity index (χ2n) is 4.46. The number of rotatable bonds is 4. The lowest BCUT2D eigenvalue weighted by atomic mass is 10.2. The minimum Gasteiger partial charge on any atom is -0.465 e. The van der Waals surface area contributed by atoms with E-state index in [4.69, 9.17) is 9.15 Å². The fraction of sp³-hybridized carbons (Fsp3) is 0.214. The Morgan fingerprint density at radius 1 is 1.48 bits per heavy atom. The van der Waals surface area contributed by atoms with E-state index in [0.29, 0.717) is 23.3 Å². The van der Waals surface area contributed by atoms with Crippen molar-refractivity contribution in [3.05, 3.63) is 53.6 Å². The average molecular weight is 287 g/mol. The van der Waals surface area contributed by atoms with Crippen LogP contribution in [0.25, 0.3) is 5.65 Å². The highest BCUT2D eigenvalue weighted by Gasteiger charge is 2.15. The molecule has 1 N–H and O–H groups in total. The molecule has 0 aliphatic heterocycles. The van der Waals surface area contributed by atoms with Crippen LogP contribution < -0.4 is 0 Å². The summed E-state index contributed by atoms with van der Waals surface area (Å²) in [5, 5.41) is 9.46. The molecule has 0 unspecified atom stereocenters. The van der Waals surface area contributed by atoms with Crippen molar-refractivity contribution in [3.8, 4) is 0 Å². The summed E-state index contributed by atoms with van der Waals surface area (Å²) in [6.45, 7) is -0.192. The van der Waals surface area contributed by atoms with Crippen molar-refractivity contribution in [2.45, 2.75) is 13.0 Å². The summed E-state index contributed by atoms with van der Waals surface area (Å²) in [6, 6.07) is 3.34. The zero-order valence-electron chi connectivity index (χ0n) is 11.3. The predicted molar refractivity (Wildman–Crippen MR) is 71.8 cm³/mol. The highest BCUT2D eigenvalue weighted by Crippen LogP contribution is 2.18. The molecule has 0 amide bonds. The molecule has 0 saturated heterocycles. The van der Waals surface area contributed by atoms with Gasteiger partial charge in [0, 0.05) is 12.6 Å². The number of hydrogen-bond donors (Lipinski definition) is 1. The topological polar surface area (TPSA) is 89.9 Å². The van der Waals surface area contributed by atoms with Gasteiger partial charge < -0.3 is 18.7 Å². The smallest absolute Gasteiger partial charge is 0.339 e. The molecule has 0 bridgehead atoms. The molecule has 0 aliphatic rings. The molecule has 3 heterocycles. The third kappa shape index (κ3) is 2.38. The Morgan fingerprint density at radius 3 is 3.00 bits per heavy atom. The average Bonchev–Trinajstić information content (AvgIpc) is 3.14. The molecular weight excluding hydrogens is 274 g/mol. The minimum atomic E-state index is -0.427. The van der Waals surface area contributed by atoms with E-state index < -0.39 is 5.97 Å². The van der Waals surface area contributed by atoms with E-state index >= 15 is 0 Å². The fourth-order valence-corrected chi connectivity index (χ4v) is 2.19. The Kier molecular flexibility index (Phi) is 3.41. The molecule has 3 aromatic heterocycles. The van der Waals surface area contributed by atoms with Crippen molar-refractivity contribution in [3.63, 3.8) is 0 Å². The normalized spacial score (nSPS) is 11.0. The second-order valence-corrected chi connectivity index (χ2v) is 4.46. The van der Waals surface area contributed by atoms with Crippen molar-refractivity contribution in [1.82, 2.24) is 14.4 Å². The Labute approximate surface area is 119 Å². The van der Waals surface area contributed by atoms with Gasteiger partial charge in [-0.25, -0.2) is 14.8 Å². The molecule has 0 fully saturated rings. The number of hydrogen-bond acceptors (Lipinski definition) is 6. The van der Waals surface area contributed by atoms with Crippen LogP contribution >= 0.6 is 0 Å². The van der Waals surface area contributed by atoms with E-state index in [9.17, 15) is 9.90 Å². The third-order valence-corrected chi connectivity index (χ3v) is 3.20. The first-order chi connectivity index (χ1) is 10.2. The molecular formula is C14H13N3O4. The molecule has 7 nitrogen and oxygen atoms in total. The van der Waals surface area contributed by atoms with Crippen LogP contribution in [0.2, 0.25) is 0 Å². The largest absolute Gasteiger partial charge is 0.465 e. The zero-order valence-corrected chi connectivity index (χ0v) is 11.3. The van der Waals surface area contributed by atoms with Crippen LogP contribution in [0.5, 0.6) is 0 Å². The summed E-state index contributed by atoms with van der Waals surface area (Å²) in [5.74, 6) is -0.427. The lowest BCUT2D eigenvalue weighted by Gasteiger charge is -2.04. The number of aliphatic hydroxyl groups is 1. The van der Waals surface area contributed by atoms with Gasteiger partial charge in [0.2, 0.25) is 0 Å². The SMILES string of the molecule is COC(=O)c1ccc2nc(CO)c(Cc3cocn3)n2c1. The lowest BCUT2D eigenvalue weighted by Crippen LogP contribution is -2.04. The Balaban J connectivity index is 2.12. The number of esters is 1. The van der Waals surface area contributed by atoms with Gasteiger partial charge in [0.25, 0.3) is 0 Å². The summed E-state index contributed by atoms with van der Waals surface area (Å²) in [4.78, 5) is 20.0. The van der Waals surface area contributed by atoms with Crippen LogP contribution in [0.3, 0.4) is 0 Å². The van der Waals surface area contributed by atoms with E-state index in [1.165, 1.54) is 19.8 Å². The molecule has 0 radical (unpaired) electrons. The highest BCUT2D eigenvalue weighted by molar-refractivity contribution is 5.89. The lowest BCUT2D eigenvalue weighted by molar-refractivity contribution is 0.0600. The summed E-state index contributed by atoms with van der Waals surface area (Å²) >= 11 is 0. The van der Waals surface area contributed by atoms with Crippen LogP contribution in [0, 0.1) is 0 Å². The maximum atomic E-state index is 11.6. The van der Waals surface area contributed by atoms with Crippen molar-refractivity contribution < 1.29 is 19.1 Å². The second kappa shape index (κ2) is 5.37. The minimum absolute atomic E-state index is 0.192. The first-order valence-corrected chi connectivity index (χ1v) is 6.29. The Hall–Kier alpha value is -2.67.